The van der Waals surface area contributed by atoms with E-state index in [1.54, 1.807) is 13.1 Å². The summed E-state index contributed by atoms with van der Waals surface area (Å²) in [6.07, 6.45) is 2.93. The van der Waals surface area contributed by atoms with E-state index in [-0.39, 0.29) is 5.56 Å². The van der Waals surface area contributed by atoms with E-state index in [1.807, 2.05) is 12.1 Å². The number of halogens is 2. The Labute approximate surface area is 146 Å². The van der Waals surface area contributed by atoms with Crippen LogP contribution >= 0.6 is 0 Å². The van der Waals surface area contributed by atoms with Crippen LogP contribution in [0.2, 0.25) is 0 Å². The molecular weight excluding hydrogens is 324 g/mol. The molecule has 2 N–H and O–H groups in total. The average Bonchev–Trinajstić information content (AvgIpc) is 3.14. The number of aliphatic hydroxyl groups is 1. The molecule has 1 aliphatic heterocycles. The highest BCUT2D eigenvalue weighted by Gasteiger charge is 2.23. The van der Waals surface area contributed by atoms with Gasteiger partial charge in [0, 0.05) is 31.9 Å². The van der Waals surface area contributed by atoms with Crippen LogP contribution in [0.25, 0.3) is 0 Å². The van der Waals surface area contributed by atoms with Crippen LogP contribution in [0.4, 0.5) is 14.6 Å². The highest BCUT2D eigenvalue weighted by atomic mass is 19.1. The molecule has 0 amide bonds. The molecule has 0 radical (unpaired) electrons. The van der Waals surface area contributed by atoms with Gasteiger partial charge in [-0.05, 0) is 43.5 Å². The SMILES string of the molecule is CC(NCc1ccc(N2CCCC2)nc1)C(O)c1c(F)cccc1F. The summed E-state index contributed by atoms with van der Waals surface area (Å²) in [6, 6.07) is 7.04. The maximum absolute atomic E-state index is 13.8. The highest BCUT2D eigenvalue weighted by molar-refractivity contribution is 5.40. The molecule has 25 heavy (non-hydrogen) atoms. The molecule has 0 aliphatic carbocycles. The lowest BCUT2D eigenvalue weighted by Crippen LogP contribution is -2.32. The Morgan fingerprint density at radius 3 is 2.44 bits per heavy atom. The third kappa shape index (κ3) is 4.14. The number of pyridine rings is 1. The molecule has 2 unspecified atom stereocenters. The molecule has 2 atom stereocenters. The molecule has 4 nitrogen and oxygen atoms in total. The number of hydrogen-bond donors (Lipinski definition) is 2. The second-order valence-electron chi connectivity index (χ2n) is 6.47. The predicted octanol–water partition coefficient (Wildman–Crippen LogP) is 3.17. The van der Waals surface area contributed by atoms with E-state index in [9.17, 15) is 13.9 Å². The van der Waals surface area contributed by atoms with Gasteiger partial charge in [0.15, 0.2) is 0 Å². The maximum Gasteiger partial charge on any atom is 0.132 e. The van der Waals surface area contributed by atoms with Crippen molar-refractivity contribution in [1.29, 1.82) is 0 Å². The molecule has 3 rings (SSSR count). The van der Waals surface area contributed by atoms with Crippen LogP contribution in [0.3, 0.4) is 0 Å². The van der Waals surface area contributed by atoms with E-state index in [1.165, 1.54) is 18.9 Å². The van der Waals surface area contributed by atoms with E-state index in [0.717, 1.165) is 36.6 Å². The number of nitrogens with zero attached hydrogens (tertiary/aromatic N) is 2. The van der Waals surface area contributed by atoms with Crippen LogP contribution in [-0.2, 0) is 6.54 Å². The number of aliphatic hydroxyl groups excluding tert-OH is 1. The highest BCUT2D eigenvalue weighted by Crippen LogP contribution is 2.23. The molecule has 0 spiro atoms. The lowest BCUT2D eigenvalue weighted by Gasteiger charge is -2.22. The van der Waals surface area contributed by atoms with Gasteiger partial charge in [-0.15, -0.1) is 0 Å². The summed E-state index contributed by atoms with van der Waals surface area (Å²) in [4.78, 5) is 6.73. The molecule has 6 heteroatoms. The van der Waals surface area contributed by atoms with Crippen molar-refractivity contribution < 1.29 is 13.9 Å². The van der Waals surface area contributed by atoms with Crippen molar-refractivity contribution >= 4 is 5.82 Å². The summed E-state index contributed by atoms with van der Waals surface area (Å²) in [6.45, 7) is 4.24. The molecule has 1 saturated heterocycles. The predicted molar refractivity (Wildman–Crippen MR) is 93.3 cm³/mol. The summed E-state index contributed by atoms with van der Waals surface area (Å²) in [7, 11) is 0. The van der Waals surface area contributed by atoms with Gasteiger partial charge in [0.05, 0.1) is 11.7 Å². The zero-order valence-corrected chi connectivity index (χ0v) is 14.3. The monoisotopic (exact) mass is 347 g/mol. The second-order valence-corrected chi connectivity index (χ2v) is 6.47. The Morgan fingerprint density at radius 2 is 1.84 bits per heavy atom. The van der Waals surface area contributed by atoms with Crippen LogP contribution in [0.15, 0.2) is 36.5 Å². The van der Waals surface area contributed by atoms with Gasteiger partial charge in [-0.25, -0.2) is 13.8 Å². The van der Waals surface area contributed by atoms with Gasteiger partial charge in [0.25, 0.3) is 0 Å². The van der Waals surface area contributed by atoms with Crippen molar-refractivity contribution in [3.05, 3.63) is 59.3 Å². The van der Waals surface area contributed by atoms with Crippen LogP contribution < -0.4 is 10.2 Å². The number of anilines is 1. The largest absolute Gasteiger partial charge is 0.387 e. The standard InChI is InChI=1S/C19H23F2N3O/c1-13(19(25)18-15(20)5-4-6-16(18)21)22-11-14-7-8-17(23-12-14)24-9-2-3-10-24/h4-8,12-13,19,22,25H,2-3,9-11H2,1H3. The first kappa shape index (κ1) is 17.8. The first-order chi connectivity index (χ1) is 12.1. The van der Waals surface area contributed by atoms with Gasteiger partial charge in [-0.2, -0.15) is 0 Å². The zero-order chi connectivity index (χ0) is 17.8. The van der Waals surface area contributed by atoms with Gasteiger partial charge in [-0.3, -0.25) is 0 Å². The van der Waals surface area contributed by atoms with Crippen LogP contribution in [0.1, 0.15) is 37.0 Å². The minimum atomic E-state index is -1.27. The van der Waals surface area contributed by atoms with Crippen LogP contribution in [0.5, 0.6) is 0 Å². The molecule has 2 aromatic rings. The van der Waals surface area contributed by atoms with Gasteiger partial charge in [-0.1, -0.05) is 12.1 Å². The van der Waals surface area contributed by atoms with Crippen molar-refractivity contribution in [3.63, 3.8) is 0 Å². The van der Waals surface area contributed by atoms with Gasteiger partial charge in [0.1, 0.15) is 17.5 Å². The number of aromatic nitrogens is 1. The normalized spacial score (nSPS) is 16.9. The molecule has 134 valence electrons. The van der Waals surface area contributed by atoms with Crippen molar-refractivity contribution in [2.45, 2.75) is 38.5 Å². The molecular formula is C19H23F2N3O. The van der Waals surface area contributed by atoms with Crippen molar-refractivity contribution in [2.24, 2.45) is 0 Å². The van der Waals surface area contributed by atoms with Gasteiger partial charge in [0.2, 0.25) is 0 Å². The molecule has 0 bridgehead atoms. The first-order valence-electron chi connectivity index (χ1n) is 8.61. The smallest absolute Gasteiger partial charge is 0.132 e. The summed E-state index contributed by atoms with van der Waals surface area (Å²) in [5.41, 5.74) is 0.654. The first-order valence-corrected chi connectivity index (χ1v) is 8.61. The summed E-state index contributed by atoms with van der Waals surface area (Å²) in [5, 5.41) is 13.4. The fourth-order valence-electron chi connectivity index (χ4n) is 3.09. The lowest BCUT2D eigenvalue weighted by molar-refractivity contribution is 0.127. The summed E-state index contributed by atoms with van der Waals surface area (Å²) < 4.78 is 27.5. The summed E-state index contributed by atoms with van der Waals surface area (Å²) >= 11 is 0. The average molecular weight is 347 g/mol. The van der Waals surface area contributed by atoms with Crippen LogP contribution in [0, 0.1) is 11.6 Å². The fraction of sp³-hybridized carbons (Fsp3) is 0.421. The number of rotatable bonds is 6. The Hall–Kier alpha value is -2.05. The Bertz CT molecular complexity index is 682. The molecule has 1 aromatic carbocycles. The molecule has 1 aliphatic rings. The molecule has 1 aromatic heterocycles. The van der Waals surface area contributed by atoms with E-state index in [2.05, 4.69) is 15.2 Å². The minimum absolute atomic E-state index is 0.301. The van der Waals surface area contributed by atoms with Crippen molar-refractivity contribution in [3.8, 4) is 0 Å². The van der Waals surface area contributed by atoms with E-state index in [0.29, 0.717) is 6.54 Å². The van der Waals surface area contributed by atoms with Gasteiger partial charge < -0.3 is 15.3 Å². The lowest BCUT2D eigenvalue weighted by atomic mass is 10.0. The van der Waals surface area contributed by atoms with Gasteiger partial charge >= 0.3 is 0 Å². The number of nitrogens with one attached hydrogen (secondary N) is 1. The Morgan fingerprint density at radius 1 is 1.16 bits per heavy atom. The van der Waals surface area contributed by atoms with E-state index in [4.69, 9.17) is 0 Å². The second kappa shape index (κ2) is 7.89. The molecule has 2 heterocycles. The zero-order valence-electron chi connectivity index (χ0n) is 14.3. The molecule has 0 saturated carbocycles. The molecule has 1 fully saturated rings. The third-order valence-electron chi connectivity index (χ3n) is 4.64. The topological polar surface area (TPSA) is 48.4 Å². The van der Waals surface area contributed by atoms with Crippen molar-refractivity contribution in [1.82, 2.24) is 10.3 Å². The number of benzene rings is 1. The Kier molecular flexibility index (Phi) is 5.60. The third-order valence-corrected chi connectivity index (χ3v) is 4.64. The van der Waals surface area contributed by atoms with E-state index < -0.39 is 23.8 Å². The van der Waals surface area contributed by atoms with Crippen LogP contribution in [-0.4, -0.2) is 29.2 Å². The quantitative estimate of drug-likeness (QED) is 0.843. The van der Waals surface area contributed by atoms with E-state index >= 15 is 0 Å². The fourth-order valence-corrected chi connectivity index (χ4v) is 3.09. The minimum Gasteiger partial charge on any atom is -0.387 e. The Balaban J connectivity index is 1.59. The summed E-state index contributed by atoms with van der Waals surface area (Å²) in [5.74, 6) is -0.502. The maximum atomic E-state index is 13.8. The van der Waals surface area contributed by atoms with Crippen molar-refractivity contribution in [2.75, 3.05) is 18.0 Å². The number of hydrogen-bond acceptors (Lipinski definition) is 4.